The number of nitrogens with one attached hydrogen (secondary N) is 8. The van der Waals surface area contributed by atoms with Crippen molar-refractivity contribution in [3.05, 3.63) is 485 Å². The Kier molecular flexibility index (Phi) is 30.6. The van der Waals surface area contributed by atoms with E-state index < -0.39 is 10.9 Å². The largest absolute Gasteiger partial charge is 0.465 e. The number of carbonyl (C=O) groups excluding carboxylic acids is 5. The lowest BCUT2D eigenvalue weighted by molar-refractivity contribution is -0.384. The van der Waals surface area contributed by atoms with Crippen LogP contribution in [0.3, 0.4) is 0 Å². The lowest BCUT2D eigenvalue weighted by Crippen LogP contribution is -2.13. The lowest BCUT2D eigenvalue weighted by atomic mass is 10.1. The monoisotopic (exact) mass is 1900 g/mol. The van der Waals surface area contributed by atoms with Crippen molar-refractivity contribution in [2.75, 3.05) is 68.6 Å². The fraction of sp³-hybridized carbons (Fsp3) is 0.0619. The molecule has 0 saturated carbocycles. The topological polar surface area (TPSA) is 396 Å². The third-order valence-electron chi connectivity index (χ3n) is 22.8. The highest BCUT2D eigenvalue weighted by Gasteiger charge is 2.19. The van der Waals surface area contributed by atoms with E-state index in [1.54, 1.807) is 184 Å². The van der Waals surface area contributed by atoms with Crippen LogP contribution in [0.2, 0.25) is 0 Å². The number of nitro groups is 1. The van der Waals surface area contributed by atoms with Crippen molar-refractivity contribution >= 4 is 159 Å². The van der Waals surface area contributed by atoms with Gasteiger partial charge in [0.05, 0.1) is 93.1 Å². The summed E-state index contributed by atoms with van der Waals surface area (Å²) in [5.74, 6) is -0.888. The van der Waals surface area contributed by atoms with E-state index >= 15 is 0 Å². The predicted molar refractivity (Wildman–Crippen MR) is 561 cm³/mol. The molecule has 0 fully saturated rings. The molecule has 144 heavy (non-hydrogen) atoms. The first-order valence-electron chi connectivity index (χ1n) is 45.3. The average molecular weight is 1900 g/mol. The first-order chi connectivity index (χ1) is 70.4. The maximum Gasteiger partial charge on any atom is 0.337 e. The molecule has 31 heteroatoms. The van der Waals surface area contributed by atoms with Crippen molar-refractivity contribution < 1.29 is 33.6 Å². The number of non-ortho nitro benzene ring substituents is 1. The highest BCUT2D eigenvalue weighted by Crippen LogP contribution is 2.35. The SMILES string of the molecule is CN(C)c1ccc2nccc(Nc3ccc(C(=O)Nc4ccc(Cc5ccncc5)cc4)cn3)c2c1.COC(=O)c1ccc2nccc(Nc3ccc(C(=O)Nc4ccc(Cc5ccncc5)cc4)nc3)c2c1.O=C(Nc1ccc(Cc2ccncc2)cc1)c1ccc(Nc2ccnc3ccc([N+](=O)[O-])cc23)cn1.[C-]#[N+]c1ccc2nccc(Nc3ccc(C(=O)Nc4ccc(Cc5ccncc5)cc4)nc3)c2c1. The molecule has 8 aromatic carbocycles. The highest BCUT2D eigenvalue weighted by atomic mass is 16.6. The molecule has 0 radical (unpaired) electrons. The number of pyridine rings is 12. The summed E-state index contributed by atoms with van der Waals surface area (Å²) >= 11 is 0. The van der Waals surface area contributed by atoms with E-state index in [1.807, 2.05) is 196 Å². The Morgan fingerprint density at radius 1 is 0.319 bits per heavy atom. The van der Waals surface area contributed by atoms with E-state index in [0.29, 0.717) is 79.0 Å². The van der Waals surface area contributed by atoms with Crippen LogP contribution in [0.1, 0.15) is 96.7 Å². The summed E-state index contributed by atoms with van der Waals surface area (Å²) in [6.07, 6.45) is 30.5. The Morgan fingerprint density at radius 3 is 0.993 bits per heavy atom. The molecule has 0 aliphatic rings. The Morgan fingerprint density at radius 2 is 0.646 bits per heavy atom. The standard InChI is InChI=1S/C29H26N6O.C29H23N5O3.C28H20N6O.C27H20N6O3/c1-35(2)24-8-9-26-25(18-24)27(13-16-31-26)34-28-10-5-22(19-32-28)29(36)33-23-6-3-20(4-7-23)17-21-11-14-30-15-12-21;1-37-29(36)21-4-8-25-24(17-21)26(12-15-31-25)33-23-7-9-27(32-18-23)28(35)34-22-5-2-19(3-6-22)16-20-10-13-30-14-11-20;1-29-22-6-8-25-24(17-22)26(12-15-31-25)33-23-7-9-27(32-18-23)28(35)34-21-4-2-19(3-5-21)16-20-10-13-30-14-11-20;34-27(32-20-3-1-18(2-4-20)15-19-9-12-28-13-10-19)26-7-5-21(17-30-26)31-25-11-14-29-24-8-6-22(33(35)36)16-23(24)25/h3-16,18-19H,17H2,1-2H3,(H,33,36)(H,31,32,34);2-15,17-18H,16H2,1H3,(H,31,33)(H,34,35);2-15,17-18H,16H2,(H,31,33)(H,34,35);1-14,16-17H,15H2,(H,29,31)(H,32,34). The lowest BCUT2D eigenvalue weighted by Gasteiger charge is -2.15. The van der Waals surface area contributed by atoms with Gasteiger partial charge in [-0.3, -0.25) is 69.2 Å². The number of aromatic nitrogens is 12. The van der Waals surface area contributed by atoms with Gasteiger partial charge in [-0.1, -0.05) is 54.6 Å². The molecule has 0 atom stereocenters. The second kappa shape index (κ2) is 46.1. The van der Waals surface area contributed by atoms with Crippen LogP contribution in [0.15, 0.2) is 390 Å². The summed E-state index contributed by atoms with van der Waals surface area (Å²) in [6.45, 7) is 7.25. The highest BCUT2D eigenvalue weighted by molar-refractivity contribution is 6.07. The maximum absolute atomic E-state index is 12.7. The van der Waals surface area contributed by atoms with Crippen molar-refractivity contribution in [1.29, 1.82) is 0 Å². The Labute approximate surface area is 826 Å². The number of amides is 4. The van der Waals surface area contributed by atoms with E-state index in [4.69, 9.17) is 11.3 Å². The van der Waals surface area contributed by atoms with Crippen molar-refractivity contribution in [3.8, 4) is 0 Å². The van der Waals surface area contributed by atoms with Gasteiger partial charge in [-0.15, -0.1) is 0 Å². The van der Waals surface area contributed by atoms with Gasteiger partial charge in [0.15, 0.2) is 5.69 Å². The number of hydrogen-bond acceptors (Lipinski definition) is 25. The first kappa shape index (κ1) is 95.6. The number of anilines is 13. The summed E-state index contributed by atoms with van der Waals surface area (Å²) in [7, 11) is 5.36. The Hall–Kier alpha value is -20.2. The van der Waals surface area contributed by atoms with Gasteiger partial charge in [-0.25, -0.2) is 29.6 Å². The summed E-state index contributed by atoms with van der Waals surface area (Å²) in [5, 5.41) is 39.1. The number of methoxy groups -OCH3 is 1. The van der Waals surface area contributed by atoms with Gasteiger partial charge in [0, 0.05) is 174 Å². The van der Waals surface area contributed by atoms with Gasteiger partial charge in [0.25, 0.3) is 29.3 Å². The van der Waals surface area contributed by atoms with Crippen molar-refractivity contribution in [3.63, 3.8) is 0 Å². The van der Waals surface area contributed by atoms with Gasteiger partial charge in [0.2, 0.25) is 0 Å². The smallest absolute Gasteiger partial charge is 0.337 e. The predicted octanol–water partition coefficient (Wildman–Crippen LogP) is 22.8. The van der Waals surface area contributed by atoms with Crippen LogP contribution in [0.5, 0.6) is 0 Å². The maximum atomic E-state index is 12.7. The first-order valence-corrected chi connectivity index (χ1v) is 45.3. The zero-order valence-corrected chi connectivity index (χ0v) is 77.8. The number of fused-ring (bicyclic) bond motifs is 4. The van der Waals surface area contributed by atoms with Crippen molar-refractivity contribution in [2.45, 2.75) is 25.7 Å². The molecule has 0 aliphatic heterocycles. The van der Waals surface area contributed by atoms with E-state index in [2.05, 4.69) is 118 Å². The Balaban J connectivity index is 0.000000132. The second-order valence-electron chi connectivity index (χ2n) is 33.0. The minimum absolute atomic E-state index is 0.0194. The molecule has 0 bridgehead atoms. The number of carbonyl (C=O) groups is 5. The molecule has 12 aromatic heterocycles. The van der Waals surface area contributed by atoms with Crippen LogP contribution in [-0.4, -0.2) is 116 Å². The van der Waals surface area contributed by atoms with E-state index in [-0.39, 0.29) is 35.0 Å². The number of benzene rings is 8. The number of nitro benzene ring substituents is 1. The van der Waals surface area contributed by atoms with Gasteiger partial charge in [-0.05, 0) is 295 Å². The number of esters is 1. The number of ether oxygens (including phenoxy) is 1. The van der Waals surface area contributed by atoms with Crippen LogP contribution in [0.25, 0.3) is 48.5 Å². The third-order valence-corrected chi connectivity index (χ3v) is 22.8. The van der Waals surface area contributed by atoms with Gasteiger partial charge in [-0.2, -0.15) is 0 Å². The molecular formula is C113H89N23O8. The van der Waals surface area contributed by atoms with Gasteiger partial charge < -0.3 is 52.2 Å². The molecule has 4 amide bonds. The van der Waals surface area contributed by atoms with E-state index in [0.717, 1.165) is 120 Å². The molecule has 704 valence electrons. The molecule has 8 N–H and O–H groups in total. The molecule has 20 rings (SSSR count). The minimum Gasteiger partial charge on any atom is -0.465 e. The number of rotatable bonds is 27. The Bertz CT molecular complexity index is 7990. The summed E-state index contributed by atoms with van der Waals surface area (Å²) < 4.78 is 4.82. The summed E-state index contributed by atoms with van der Waals surface area (Å²) in [4.78, 5) is 130. The molecular weight excluding hydrogens is 1810 g/mol. The van der Waals surface area contributed by atoms with Crippen LogP contribution >= 0.6 is 0 Å². The van der Waals surface area contributed by atoms with Gasteiger partial charge >= 0.3 is 5.97 Å². The quantitative estimate of drug-likeness (QED) is 0.0103. The van der Waals surface area contributed by atoms with Gasteiger partial charge in [0.1, 0.15) is 22.9 Å². The summed E-state index contributed by atoms with van der Waals surface area (Å²) in [6, 6.07) is 89.2. The zero-order chi connectivity index (χ0) is 99.5. The fourth-order valence-corrected chi connectivity index (χ4v) is 15.3. The molecule has 31 nitrogen and oxygen atoms in total. The average Bonchev–Trinajstić information content (AvgIpc) is 0.808. The van der Waals surface area contributed by atoms with Crippen LogP contribution in [0.4, 0.5) is 85.4 Å². The van der Waals surface area contributed by atoms with Crippen molar-refractivity contribution in [2.24, 2.45) is 0 Å². The van der Waals surface area contributed by atoms with E-state index in [9.17, 15) is 34.1 Å². The number of nitrogens with zero attached hydrogens (tertiary/aromatic N) is 15. The van der Waals surface area contributed by atoms with E-state index in [1.165, 1.54) is 42.1 Å². The minimum atomic E-state index is -0.445. The fourth-order valence-electron chi connectivity index (χ4n) is 15.3. The van der Waals surface area contributed by atoms with Crippen LogP contribution in [0, 0.1) is 16.7 Å². The normalized spacial score (nSPS) is 10.6. The molecule has 0 spiro atoms. The number of hydrogen-bond donors (Lipinski definition) is 8. The molecule has 0 saturated heterocycles. The van der Waals surface area contributed by atoms with Crippen molar-refractivity contribution in [1.82, 2.24) is 59.8 Å². The zero-order valence-electron chi connectivity index (χ0n) is 77.8. The second-order valence-corrected chi connectivity index (χ2v) is 33.0. The van der Waals surface area contributed by atoms with Crippen LogP contribution in [-0.2, 0) is 30.4 Å². The van der Waals surface area contributed by atoms with Crippen LogP contribution < -0.4 is 47.4 Å². The third kappa shape index (κ3) is 25.6. The summed E-state index contributed by atoms with van der Waals surface area (Å²) in [5.41, 5.74) is 23.7. The molecule has 0 unspecified atom stereocenters. The molecule has 0 aliphatic carbocycles. The molecule has 20 aromatic rings. The molecule has 12 heterocycles.